The predicted molar refractivity (Wildman–Crippen MR) is 87.2 cm³/mol. The molecule has 0 aromatic carbocycles. The third-order valence-corrected chi connectivity index (χ3v) is 4.07. The van der Waals surface area contributed by atoms with Crippen LogP contribution in [0.25, 0.3) is 0 Å². The van der Waals surface area contributed by atoms with Crippen molar-refractivity contribution in [3.63, 3.8) is 0 Å². The number of hydrogen-bond acceptors (Lipinski definition) is 7. The minimum absolute atomic E-state index is 0.0612. The molecule has 4 atom stereocenters. The maximum Gasteiger partial charge on any atom is 0.305 e. The summed E-state index contributed by atoms with van der Waals surface area (Å²) in [7, 11) is 0. The monoisotopic (exact) mass is 348 g/mol. The van der Waals surface area contributed by atoms with E-state index >= 15 is 0 Å². The van der Waals surface area contributed by atoms with Gasteiger partial charge in [0.1, 0.15) is 12.7 Å². The van der Waals surface area contributed by atoms with Crippen molar-refractivity contribution in [1.29, 1.82) is 0 Å². The van der Waals surface area contributed by atoms with E-state index in [-0.39, 0.29) is 25.4 Å². The first-order valence-corrected chi connectivity index (χ1v) is 8.60. The maximum atomic E-state index is 11.8. The molecular weight excluding hydrogens is 316 g/mol. The van der Waals surface area contributed by atoms with Gasteiger partial charge >= 0.3 is 5.97 Å². The number of aliphatic hydroxyl groups is 3. The molecule has 1 rings (SSSR count). The van der Waals surface area contributed by atoms with Gasteiger partial charge in [0, 0.05) is 19.4 Å². The Morgan fingerprint density at radius 2 is 1.96 bits per heavy atom. The van der Waals surface area contributed by atoms with Gasteiger partial charge in [-0.05, 0) is 32.6 Å². The molecule has 1 aliphatic heterocycles. The molecular formula is C17H32O7. The fraction of sp³-hybridized carbons (Fsp3) is 0.941. The molecule has 7 nitrogen and oxygen atoms in total. The van der Waals surface area contributed by atoms with Crippen LogP contribution in [0.4, 0.5) is 0 Å². The Balaban J connectivity index is 2.24. The lowest BCUT2D eigenvalue weighted by atomic mass is 10.0. The van der Waals surface area contributed by atoms with Gasteiger partial charge in [-0.1, -0.05) is 13.8 Å². The van der Waals surface area contributed by atoms with Crippen molar-refractivity contribution in [2.45, 2.75) is 83.6 Å². The Hall–Kier alpha value is -0.730. The number of rotatable bonds is 9. The third-order valence-electron chi connectivity index (χ3n) is 4.07. The zero-order chi connectivity index (χ0) is 18.3. The number of carbonyl (C=O) groups is 1. The van der Waals surface area contributed by atoms with Crippen molar-refractivity contribution < 1.29 is 34.3 Å². The summed E-state index contributed by atoms with van der Waals surface area (Å²) in [5.41, 5.74) is -0.397. The summed E-state index contributed by atoms with van der Waals surface area (Å²) in [5, 5.41) is 28.4. The molecule has 24 heavy (non-hydrogen) atoms. The van der Waals surface area contributed by atoms with E-state index in [0.29, 0.717) is 18.9 Å². The minimum atomic E-state index is -1.47. The minimum Gasteiger partial charge on any atom is -0.463 e. The lowest BCUT2D eigenvalue weighted by Gasteiger charge is -2.34. The lowest BCUT2D eigenvalue weighted by Crippen LogP contribution is -2.49. The average molecular weight is 348 g/mol. The summed E-state index contributed by atoms with van der Waals surface area (Å²) in [5.74, 6) is 0.194. The van der Waals surface area contributed by atoms with Crippen LogP contribution in [0.2, 0.25) is 0 Å². The molecule has 0 radical (unpaired) electrons. The highest BCUT2D eigenvalue weighted by Gasteiger charge is 2.36. The summed E-state index contributed by atoms with van der Waals surface area (Å²) in [4.78, 5) is 11.8. The number of ether oxygens (including phenoxy) is 3. The molecule has 142 valence electrons. The first-order chi connectivity index (χ1) is 11.1. The van der Waals surface area contributed by atoms with Crippen molar-refractivity contribution >= 4 is 5.97 Å². The second-order valence-electron chi connectivity index (χ2n) is 7.42. The molecule has 0 aliphatic carbocycles. The Morgan fingerprint density at radius 3 is 2.54 bits per heavy atom. The van der Waals surface area contributed by atoms with E-state index in [4.69, 9.17) is 14.2 Å². The molecule has 1 saturated heterocycles. The van der Waals surface area contributed by atoms with Crippen LogP contribution in [-0.4, -0.2) is 64.7 Å². The van der Waals surface area contributed by atoms with Crippen molar-refractivity contribution in [3.05, 3.63) is 0 Å². The van der Waals surface area contributed by atoms with Gasteiger partial charge in [-0.3, -0.25) is 4.79 Å². The number of aliphatic hydroxyl groups excluding tert-OH is 3. The van der Waals surface area contributed by atoms with Gasteiger partial charge in [0.25, 0.3) is 0 Å². The van der Waals surface area contributed by atoms with Crippen LogP contribution in [-0.2, 0) is 19.0 Å². The van der Waals surface area contributed by atoms with Crippen LogP contribution in [0.5, 0.6) is 0 Å². The van der Waals surface area contributed by atoms with Crippen LogP contribution in [0.1, 0.15) is 53.4 Å². The maximum absolute atomic E-state index is 11.8. The van der Waals surface area contributed by atoms with Gasteiger partial charge in [-0.15, -0.1) is 0 Å². The molecule has 0 spiro atoms. The van der Waals surface area contributed by atoms with Crippen molar-refractivity contribution in [1.82, 2.24) is 0 Å². The van der Waals surface area contributed by atoms with Crippen LogP contribution < -0.4 is 0 Å². The number of esters is 1. The second kappa shape index (κ2) is 9.68. The van der Waals surface area contributed by atoms with E-state index in [0.717, 1.165) is 6.42 Å². The van der Waals surface area contributed by atoms with Crippen LogP contribution in [0.3, 0.4) is 0 Å². The van der Waals surface area contributed by atoms with Crippen LogP contribution >= 0.6 is 0 Å². The molecule has 1 aliphatic rings. The fourth-order valence-electron chi connectivity index (χ4n) is 2.34. The normalized spacial score (nSPS) is 28.2. The average Bonchev–Trinajstić information content (AvgIpc) is 2.48. The Labute approximate surface area is 143 Å². The summed E-state index contributed by atoms with van der Waals surface area (Å²) in [6.07, 6.45) is -2.68. The van der Waals surface area contributed by atoms with Crippen molar-refractivity contribution in [3.8, 4) is 0 Å². The highest BCUT2D eigenvalue weighted by Crippen LogP contribution is 2.21. The highest BCUT2D eigenvalue weighted by molar-refractivity contribution is 5.69. The van der Waals surface area contributed by atoms with Gasteiger partial charge in [0.15, 0.2) is 6.29 Å². The molecule has 4 unspecified atom stereocenters. The summed E-state index contributed by atoms with van der Waals surface area (Å²) < 4.78 is 16.0. The lowest BCUT2D eigenvalue weighted by molar-refractivity contribution is -0.253. The van der Waals surface area contributed by atoms with E-state index in [1.165, 1.54) is 0 Å². The first kappa shape index (κ1) is 21.3. The molecule has 0 saturated carbocycles. The molecule has 0 aromatic rings. The van der Waals surface area contributed by atoms with Crippen LogP contribution in [0, 0.1) is 5.92 Å². The largest absolute Gasteiger partial charge is 0.463 e. The van der Waals surface area contributed by atoms with Gasteiger partial charge in [-0.2, -0.15) is 0 Å². The summed E-state index contributed by atoms with van der Waals surface area (Å²) in [6, 6.07) is 0. The molecule has 0 bridgehead atoms. The number of carbonyl (C=O) groups excluding carboxylic acids is 1. The smallest absolute Gasteiger partial charge is 0.305 e. The molecule has 3 N–H and O–H groups in total. The zero-order valence-electron chi connectivity index (χ0n) is 15.1. The van der Waals surface area contributed by atoms with Gasteiger partial charge in [0.05, 0.1) is 17.8 Å². The fourth-order valence-corrected chi connectivity index (χ4v) is 2.34. The quantitative estimate of drug-likeness (QED) is 0.533. The van der Waals surface area contributed by atoms with Gasteiger partial charge in [-0.25, -0.2) is 0 Å². The first-order valence-electron chi connectivity index (χ1n) is 8.60. The van der Waals surface area contributed by atoms with E-state index in [1.54, 1.807) is 0 Å². The Bertz CT molecular complexity index is 371. The second-order valence-corrected chi connectivity index (χ2v) is 7.42. The molecule has 7 heteroatoms. The molecule has 0 aromatic heterocycles. The van der Waals surface area contributed by atoms with E-state index < -0.39 is 30.2 Å². The topological polar surface area (TPSA) is 105 Å². The van der Waals surface area contributed by atoms with E-state index in [9.17, 15) is 20.1 Å². The zero-order valence-corrected chi connectivity index (χ0v) is 15.1. The summed E-state index contributed by atoms with van der Waals surface area (Å²) in [6.45, 7) is 8.75. The summed E-state index contributed by atoms with van der Waals surface area (Å²) >= 11 is 0. The SMILES string of the molecule is CC(C)CCOC(C)(C)CCC(=O)OCC1CC(O)C(O)C(O)O1. The predicted octanol–water partition coefficient (Wildman–Crippen LogP) is 0.980. The van der Waals surface area contributed by atoms with Crippen molar-refractivity contribution in [2.24, 2.45) is 5.92 Å². The number of hydrogen-bond donors (Lipinski definition) is 3. The molecule has 1 heterocycles. The van der Waals surface area contributed by atoms with E-state index in [2.05, 4.69) is 13.8 Å². The standard InChI is InChI=1S/C17H32O7/c1-11(2)6-8-23-17(3,4)7-5-14(19)22-10-12-9-13(18)15(20)16(21)24-12/h11-13,15-16,18,20-21H,5-10H2,1-4H3. The van der Waals surface area contributed by atoms with Crippen LogP contribution in [0.15, 0.2) is 0 Å². The van der Waals surface area contributed by atoms with Gasteiger partial charge < -0.3 is 29.5 Å². The van der Waals surface area contributed by atoms with E-state index in [1.807, 2.05) is 13.8 Å². The molecule has 1 fully saturated rings. The Kier molecular flexibility index (Phi) is 8.59. The third kappa shape index (κ3) is 7.90. The van der Waals surface area contributed by atoms with Crippen molar-refractivity contribution in [2.75, 3.05) is 13.2 Å². The molecule has 0 amide bonds. The van der Waals surface area contributed by atoms with Gasteiger partial charge in [0.2, 0.25) is 0 Å². The highest BCUT2D eigenvalue weighted by atomic mass is 16.6. The Morgan fingerprint density at radius 1 is 1.29 bits per heavy atom.